The molecule has 19 heavy (non-hydrogen) atoms. The Morgan fingerprint density at radius 3 is 2.37 bits per heavy atom. The van der Waals surface area contributed by atoms with Crippen LogP contribution in [0.3, 0.4) is 0 Å². The summed E-state index contributed by atoms with van der Waals surface area (Å²) in [5.41, 5.74) is 0.790. The van der Waals surface area contributed by atoms with E-state index in [1.807, 2.05) is 13.8 Å². The fraction of sp³-hybridized carbons (Fsp3) is 0.692. The number of rotatable bonds is 6. The van der Waals surface area contributed by atoms with Crippen molar-refractivity contribution in [3.05, 3.63) is 21.4 Å². The molecule has 0 fully saturated rings. The van der Waals surface area contributed by atoms with Gasteiger partial charge in [0.2, 0.25) is 10.0 Å². The molecule has 0 bridgehead atoms. The Balaban J connectivity index is 2.64. The smallest absolute Gasteiger partial charge is 0.209 e. The fourth-order valence-electron chi connectivity index (χ4n) is 2.14. The lowest BCUT2D eigenvalue weighted by Gasteiger charge is -2.27. The van der Waals surface area contributed by atoms with Crippen LogP contribution in [0, 0.1) is 13.8 Å². The van der Waals surface area contributed by atoms with Crippen LogP contribution in [-0.4, -0.2) is 26.8 Å². The lowest BCUT2D eigenvalue weighted by molar-refractivity contribution is 0.399. The highest BCUT2D eigenvalue weighted by atomic mass is 32.2. The van der Waals surface area contributed by atoms with Crippen LogP contribution in [0.1, 0.15) is 42.1 Å². The van der Waals surface area contributed by atoms with Gasteiger partial charge < -0.3 is 5.32 Å². The van der Waals surface area contributed by atoms with Crippen molar-refractivity contribution in [1.82, 2.24) is 10.0 Å². The summed E-state index contributed by atoms with van der Waals surface area (Å²) in [6.45, 7) is 10.6. The van der Waals surface area contributed by atoms with Crippen molar-refractivity contribution >= 4 is 21.4 Å². The van der Waals surface area contributed by atoms with E-state index in [1.165, 1.54) is 21.6 Å². The monoisotopic (exact) mass is 304 g/mol. The number of hydrogen-bond donors (Lipinski definition) is 2. The second-order valence-electron chi connectivity index (χ2n) is 5.73. The highest BCUT2D eigenvalue weighted by Crippen LogP contribution is 2.26. The van der Waals surface area contributed by atoms with Gasteiger partial charge in [0.1, 0.15) is 0 Å². The predicted octanol–water partition coefficient (Wildman–Crippen LogP) is 2.34. The predicted molar refractivity (Wildman–Crippen MR) is 82.3 cm³/mol. The zero-order valence-corrected chi connectivity index (χ0v) is 14.1. The quantitative estimate of drug-likeness (QED) is 0.848. The van der Waals surface area contributed by atoms with Crippen molar-refractivity contribution in [2.75, 3.05) is 12.8 Å². The summed E-state index contributed by atoms with van der Waals surface area (Å²) >= 11 is 1.79. The van der Waals surface area contributed by atoms with Crippen LogP contribution in [0.15, 0.2) is 6.07 Å². The minimum atomic E-state index is -3.19. The van der Waals surface area contributed by atoms with Gasteiger partial charge in [0.15, 0.2) is 0 Å². The lowest BCUT2D eigenvalue weighted by Crippen LogP contribution is -2.50. The summed E-state index contributed by atoms with van der Waals surface area (Å²) in [4.78, 5) is 2.61. The maximum Gasteiger partial charge on any atom is 0.209 e. The van der Waals surface area contributed by atoms with Gasteiger partial charge >= 0.3 is 0 Å². The average Bonchev–Trinajstić information content (AvgIpc) is 2.51. The highest BCUT2D eigenvalue weighted by molar-refractivity contribution is 7.88. The molecule has 0 aromatic carbocycles. The molecule has 1 aromatic rings. The van der Waals surface area contributed by atoms with Crippen molar-refractivity contribution in [3.63, 3.8) is 0 Å². The molecular weight excluding hydrogens is 280 g/mol. The van der Waals surface area contributed by atoms with E-state index in [0.717, 1.165) is 0 Å². The van der Waals surface area contributed by atoms with E-state index in [-0.39, 0.29) is 6.04 Å². The largest absolute Gasteiger partial charge is 0.308 e. The van der Waals surface area contributed by atoms with Gasteiger partial charge in [0.25, 0.3) is 0 Å². The summed E-state index contributed by atoms with van der Waals surface area (Å²) in [6, 6.07) is 2.40. The summed E-state index contributed by atoms with van der Waals surface area (Å²) < 4.78 is 25.2. The molecule has 1 aromatic heterocycles. The minimum absolute atomic E-state index is 0.214. The summed E-state index contributed by atoms with van der Waals surface area (Å²) in [5.74, 6) is 0. The molecular formula is C13H24N2O2S2. The van der Waals surface area contributed by atoms with Crippen molar-refractivity contribution in [2.24, 2.45) is 0 Å². The lowest BCUT2D eigenvalue weighted by atomic mass is 10.1. The van der Waals surface area contributed by atoms with Crippen LogP contribution < -0.4 is 10.0 Å². The zero-order chi connectivity index (χ0) is 14.8. The molecule has 1 heterocycles. The molecule has 1 rings (SSSR count). The molecule has 0 aliphatic heterocycles. The number of thiophene rings is 1. The molecule has 0 radical (unpaired) electrons. The first-order chi connectivity index (χ1) is 8.50. The van der Waals surface area contributed by atoms with Crippen LogP contribution in [0.25, 0.3) is 0 Å². The minimum Gasteiger partial charge on any atom is -0.308 e. The third-order valence-electron chi connectivity index (χ3n) is 2.86. The highest BCUT2D eigenvalue weighted by Gasteiger charge is 2.23. The molecule has 0 spiro atoms. The second kappa shape index (κ2) is 5.91. The maximum atomic E-state index is 11.3. The van der Waals surface area contributed by atoms with Crippen LogP contribution in [-0.2, 0) is 10.0 Å². The molecule has 1 atom stereocenters. The van der Waals surface area contributed by atoms with Gasteiger partial charge in [-0.15, -0.1) is 11.3 Å². The van der Waals surface area contributed by atoms with Gasteiger partial charge in [-0.1, -0.05) is 0 Å². The molecule has 4 nitrogen and oxygen atoms in total. The topological polar surface area (TPSA) is 58.2 Å². The SMILES string of the molecule is Cc1cc(C(C)NCC(C)(C)NS(C)(=O)=O)c(C)s1. The Bertz CT molecular complexity index is 533. The molecule has 2 N–H and O–H groups in total. The Labute approximate surface area is 120 Å². The molecule has 0 saturated carbocycles. The normalized spacial score (nSPS) is 14.6. The summed E-state index contributed by atoms with van der Waals surface area (Å²) in [7, 11) is -3.19. The third kappa shape index (κ3) is 5.60. The number of aryl methyl sites for hydroxylation is 2. The standard InChI is InChI=1S/C13H24N2O2S2/c1-9-7-12(11(3)18-9)10(2)14-8-13(4,5)15-19(6,16)17/h7,10,14-15H,8H2,1-6H3. The first-order valence-corrected chi connectivity index (χ1v) is 9.00. The summed E-state index contributed by atoms with van der Waals surface area (Å²) in [6.07, 6.45) is 1.19. The van der Waals surface area contributed by atoms with E-state index in [2.05, 4.69) is 36.9 Å². The van der Waals surface area contributed by atoms with E-state index in [9.17, 15) is 8.42 Å². The summed E-state index contributed by atoms with van der Waals surface area (Å²) in [5, 5.41) is 3.40. The van der Waals surface area contributed by atoms with E-state index < -0.39 is 15.6 Å². The van der Waals surface area contributed by atoms with Gasteiger partial charge in [-0.05, 0) is 46.2 Å². The van der Waals surface area contributed by atoms with Gasteiger partial charge in [0, 0.05) is 27.9 Å². The van der Waals surface area contributed by atoms with Gasteiger partial charge in [-0.2, -0.15) is 0 Å². The number of sulfonamides is 1. The van der Waals surface area contributed by atoms with Crippen molar-refractivity contribution in [1.29, 1.82) is 0 Å². The van der Waals surface area contributed by atoms with Gasteiger partial charge in [0.05, 0.1) is 6.26 Å². The van der Waals surface area contributed by atoms with Crippen LogP contribution >= 0.6 is 11.3 Å². The molecule has 110 valence electrons. The molecule has 1 unspecified atom stereocenters. The van der Waals surface area contributed by atoms with Crippen LogP contribution in [0.5, 0.6) is 0 Å². The van der Waals surface area contributed by atoms with Crippen LogP contribution in [0.4, 0.5) is 0 Å². The molecule has 0 aliphatic rings. The molecule has 6 heteroatoms. The van der Waals surface area contributed by atoms with Crippen molar-refractivity contribution in [3.8, 4) is 0 Å². The first-order valence-electron chi connectivity index (χ1n) is 6.29. The molecule has 0 aliphatic carbocycles. The molecule has 0 saturated heterocycles. The van der Waals surface area contributed by atoms with Gasteiger partial charge in [-0.25, -0.2) is 13.1 Å². The van der Waals surface area contributed by atoms with Crippen LogP contribution in [0.2, 0.25) is 0 Å². The third-order valence-corrected chi connectivity index (χ3v) is 4.76. The average molecular weight is 304 g/mol. The Morgan fingerprint density at radius 1 is 1.37 bits per heavy atom. The molecule has 0 amide bonds. The fourth-order valence-corrected chi connectivity index (χ4v) is 4.23. The van der Waals surface area contributed by atoms with Crippen molar-refractivity contribution in [2.45, 2.75) is 46.2 Å². The number of nitrogens with one attached hydrogen (secondary N) is 2. The Kier molecular flexibility index (Phi) is 5.17. The van der Waals surface area contributed by atoms with Crippen molar-refractivity contribution < 1.29 is 8.42 Å². The number of hydrogen-bond acceptors (Lipinski definition) is 4. The first kappa shape index (κ1) is 16.6. The van der Waals surface area contributed by atoms with E-state index in [4.69, 9.17) is 0 Å². The van der Waals surface area contributed by atoms with E-state index in [0.29, 0.717) is 6.54 Å². The van der Waals surface area contributed by atoms with E-state index >= 15 is 0 Å². The Hall–Kier alpha value is -0.430. The zero-order valence-electron chi connectivity index (χ0n) is 12.5. The van der Waals surface area contributed by atoms with E-state index in [1.54, 1.807) is 11.3 Å². The van der Waals surface area contributed by atoms with Gasteiger partial charge in [-0.3, -0.25) is 0 Å². The Morgan fingerprint density at radius 2 is 1.95 bits per heavy atom. The maximum absolute atomic E-state index is 11.3. The second-order valence-corrected chi connectivity index (χ2v) is 8.94.